The first-order chi connectivity index (χ1) is 23.3. The van der Waals surface area contributed by atoms with E-state index in [2.05, 4.69) is 43.0 Å². The van der Waals surface area contributed by atoms with Gasteiger partial charge in [0.15, 0.2) is 0 Å². The van der Waals surface area contributed by atoms with E-state index in [1.54, 1.807) is 0 Å². The van der Waals surface area contributed by atoms with Crippen LogP contribution in [0.5, 0.6) is 0 Å². The van der Waals surface area contributed by atoms with Crippen molar-refractivity contribution >= 4 is 0 Å². The van der Waals surface area contributed by atoms with E-state index in [1.165, 1.54) is 251 Å². The van der Waals surface area contributed by atoms with Gasteiger partial charge in [-0.1, -0.05) is 233 Å². The second kappa shape index (κ2) is 36.6. The Balaban J connectivity index is 2.22. The smallest absolute Gasteiger partial charge is 0.101 e. The summed E-state index contributed by atoms with van der Waals surface area (Å²) in [7, 11) is 0. The van der Waals surface area contributed by atoms with E-state index in [-0.39, 0.29) is 0 Å². The van der Waals surface area contributed by atoms with Crippen LogP contribution in [0.3, 0.4) is 0 Å². The standard InChI is InChI=1S/C45H90N2/c1-4-7-10-13-16-19-22-24-27-30-33-36-39-42-47-44-43-46(41-38-35-32-29-26-21-18-15-12-9-6-3)45(47)40-37-34-31-28-25-23-20-17-14-11-8-5-2/h43-45H,4-42H2,1-3H3. The highest BCUT2D eigenvalue weighted by Gasteiger charge is 2.24. The van der Waals surface area contributed by atoms with Crippen molar-refractivity contribution in [1.82, 2.24) is 9.80 Å². The second-order valence-electron chi connectivity index (χ2n) is 15.7. The predicted octanol–water partition coefficient (Wildman–Crippen LogP) is 15.9. The Kier molecular flexibility index (Phi) is 34.6. The van der Waals surface area contributed by atoms with Crippen molar-refractivity contribution in [3.8, 4) is 0 Å². The fourth-order valence-corrected chi connectivity index (χ4v) is 7.78. The molecule has 0 aromatic rings. The van der Waals surface area contributed by atoms with Crippen LogP contribution < -0.4 is 0 Å². The van der Waals surface area contributed by atoms with Crippen molar-refractivity contribution in [1.29, 1.82) is 0 Å². The van der Waals surface area contributed by atoms with Crippen LogP contribution in [0.4, 0.5) is 0 Å². The van der Waals surface area contributed by atoms with Gasteiger partial charge in [0, 0.05) is 25.5 Å². The molecule has 0 bridgehead atoms. The van der Waals surface area contributed by atoms with E-state index in [9.17, 15) is 0 Å². The summed E-state index contributed by atoms with van der Waals surface area (Å²) in [5.41, 5.74) is 0. The maximum Gasteiger partial charge on any atom is 0.101 e. The Labute approximate surface area is 299 Å². The third kappa shape index (κ3) is 28.8. The molecule has 1 unspecified atom stereocenters. The van der Waals surface area contributed by atoms with Crippen LogP contribution in [0.1, 0.15) is 258 Å². The molecule has 2 heteroatoms. The van der Waals surface area contributed by atoms with E-state index in [0.717, 1.165) is 0 Å². The largest absolute Gasteiger partial charge is 0.356 e. The van der Waals surface area contributed by atoms with E-state index in [4.69, 9.17) is 0 Å². The van der Waals surface area contributed by atoms with E-state index in [1.807, 2.05) is 0 Å². The molecule has 1 aliphatic rings. The lowest BCUT2D eigenvalue weighted by Gasteiger charge is -2.33. The summed E-state index contributed by atoms with van der Waals surface area (Å²) >= 11 is 0. The molecule has 0 saturated heterocycles. The second-order valence-corrected chi connectivity index (χ2v) is 15.7. The third-order valence-electron chi connectivity index (χ3n) is 11.1. The Morgan fingerprint density at radius 1 is 0.277 bits per heavy atom. The number of rotatable bonds is 39. The molecule has 0 amide bonds. The van der Waals surface area contributed by atoms with Gasteiger partial charge < -0.3 is 9.80 Å². The normalized spacial score (nSPS) is 14.7. The summed E-state index contributed by atoms with van der Waals surface area (Å²) in [6, 6.07) is 0. The fourth-order valence-electron chi connectivity index (χ4n) is 7.78. The highest BCUT2D eigenvalue weighted by molar-refractivity contribution is 4.97. The van der Waals surface area contributed by atoms with Crippen LogP contribution in [0.2, 0.25) is 0 Å². The summed E-state index contributed by atoms with van der Waals surface area (Å²) in [6.45, 7) is 9.49. The highest BCUT2D eigenvalue weighted by Crippen LogP contribution is 2.24. The Morgan fingerprint density at radius 2 is 0.489 bits per heavy atom. The maximum absolute atomic E-state index is 2.73. The van der Waals surface area contributed by atoms with Crippen LogP contribution in [0.15, 0.2) is 12.4 Å². The Bertz CT molecular complexity index is 615. The van der Waals surface area contributed by atoms with Crippen molar-refractivity contribution in [2.75, 3.05) is 13.1 Å². The molecule has 0 aliphatic carbocycles. The molecule has 1 atom stereocenters. The average molecular weight is 659 g/mol. The maximum atomic E-state index is 2.73. The van der Waals surface area contributed by atoms with Crippen LogP contribution >= 0.6 is 0 Å². The molecule has 0 N–H and O–H groups in total. The van der Waals surface area contributed by atoms with Crippen molar-refractivity contribution in [3.63, 3.8) is 0 Å². The number of hydrogen-bond donors (Lipinski definition) is 0. The highest BCUT2D eigenvalue weighted by atomic mass is 15.4. The van der Waals surface area contributed by atoms with E-state index >= 15 is 0 Å². The van der Waals surface area contributed by atoms with E-state index < -0.39 is 0 Å². The minimum atomic E-state index is 0.638. The molecule has 1 heterocycles. The molecule has 1 aliphatic heterocycles. The molecule has 1 rings (SSSR count). The van der Waals surface area contributed by atoms with Crippen molar-refractivity contribution in [2.45, 2.75) is 265 Å². The van der Waals surface area contributed by atoms with Crippen molar-refractivity contribution in [2.24, 2.45) is 0 Å². The van der Waals surface area contributed by atoms with Crippen LogP contribution in [0.25, 0.3) is 0 Å². The van der Waals surface area contributed by atoms with Crippen molar-refractivity contribution < 1.29 is 0 Å². The van der Waals surface area contributed by atoms with Crippen LogP contribution in [0, 0.1) is 0 Å². The lowest BCUT2D eigenvalue weighted by atomic mass is 10.0. The first-order valence-corrected chi connectivity index (χ1v) is 22.5. The van der Waals surface area contributed by atoms with Crippen molar-refractivity contribution in [3.05, 3.63) is 12.4 Å². The predicted molar refractivity (Wildman–Crippen MR) is 214 cm³/mol. The summed E-state index contributed by atoms with van der Waals surface area (Å²) in [5, 5.41) is 0. The topological polar surface area (TPSA) is 6.48 Å². The van der Waals surface area contributed by atoms with Gasteiger partial charge >= 0.3 is 0 Å². The van der Waals surface area contributed by atoms with Gasteiger partial charge in [0.2, 0.25) is 0 Å². The van der Waals surface area contributed by atoms with Crippen LogP contribution in [-0.2, 0) is 0 Å². The molecule has 280 valence electrons. The zero-order valence-corrected chi connectivity index (χ0v) is 33.2. The summed E-state index contributed by atoms with van der Waals surface area (Å²) in [4.78, 5) is 5.46. The first kappa shape index (κ1) is 44.4. The summed E-state index contributed by atoms with van der Waals surface area (Å²) in [5.74, 6) is 0. The molecule has 0 radical (unpaired) electrons. The molecule has 0 aromatic carbocycles. The van der Waals surface area contributed by atoms with Gasteiger partial charge in [0.05, 0.1) is 0 Å². The number of nitrogens with zero attached hydrogens (tertiary/aromatic N) is 2. The molecule has 2 nitrogen and oxygen atoms in total. The first-order valence-electron chi connectivity index (χ1n) is 22.5. The minimum absolute atomic E-state index is 0.638. The molecule has 47 heavy (non-hydrogen) atoms. The third-order valence-corrected chi connectivity index (χ3v) is 11.1. The zero-order valence-electron chi connectivity index (χ0n) is 33.2. The van der Waals surface area contributed by atoms with Gasteiger partial charge in [0.25, 0.3) is 0 Å². The van der Waals surface area contributed by atoms with Gasteiger partial charge in [-0.2, -0.15) is 0 Å². The van der Waals surface area contributed by atoms with Gasteiger partial charge in [-0.25, -0.2) is 0 Å². The Hall–Kier alpha value is -0.660. The molecule has 0 saturated carbocycles. The lowest BCUT2D eigenvalue weighted by molar-refractivity contribution is 0.135. The zero-order chi connectivity index (χ0) is 33.7. The van der Waals surface area contributed by atoms with Gasteiger partial charge in [-0.3, -0.25) is 0 Å². The molecular formula is C45H90N2. The molecule has 0 aromatic heterocycles. The SMILES string of the molecule is CCCCCCCCCCCCCCCN1C=CN(CCCCCCCCCCCCC)C1CCCCCCCCCCCCCC. The van der Waals surface area contributed by atoms with E-state index in [0.29, 0.717) is 6.17 Å². The number of unbranched alkanes of at least 4 members (excludes halogenated alkanes) is 33. The van der Waals surface area contributed by atoms with Gasteiger partial charge in [-0.15, -0.1) is 0 Å². The fraction of sp³-hybridized carbons (Fsp3) is 0.956. The average Bonchev–Trinajstić information content (AvgIpc) is 3.47. The minimum Gasteiger partial charge on any atom is -0.356 e. The number of hydrogen-bond acceptors (Lipinski definition) is 2. The van der Waals surface area contributed by atoms with Gasteiger partial charge in [-0.05, 0) is 25.7 Å². The lowest BCUT2D eigenvalue weighted by Crippen LogP contribution is -2.39. The molecule has 0 spiro atoms. The molecular weight excluding hydrogens is 569 g/mol. The van der Waals surface area contributed by atoms with Gasteiger partial charge in [0.1, 0.15) is 6.17 Å². The monoisotopic (exact) mass is 659 g/mol. The molecule has 0 fully saturated rings. The van der Waals surface area contributed by atoms with Crippen LogP contribution in [-0.4, -0.2) is 29.1 Å². The summed E-state index contributed by atoms with van der Waals surface area (Å²) < 4.78 is 0. The quantitative estimate of drug-likeness (QED) is 0.0606. The summed E-state index contributed by atoms with van der Waals surface area (Å²) in [6.07, 6.45) is 58.9. The Morgan fingerprint density at radius 3 is 0.745 bits per heavy atom.